The lowest BCUT2D eigenvalue weighted by Gasteiger charge is -2.27. The summed E-state index contributed by atoms with van der Waals surface area (Å²) in [5.74, 6) is 1.74. The van der Waals surface area contributed by atoms with Gasteiger partial charge in [0, 0.05) is 5.56 Å². The maximum absolute atomic E-state index is 13.5. The minimum Gasteiger partial charge on any atom is -0.494 e. The van der Waals surface area contributed by atoms with E-state index in [0.29, 0.717) is 12.8 Å². The number of benzene rings is 1. The molecule has 0 saturated carbocycles. The van der Waals surface area contributed by atoms with Gasteiger partial charge in [0.05, 0.1) is 7.11 Å². The van der Waals surface area contributed by atoms with Crippen LogP contribution >= 0.6 is 0 Å². The number of ether oxygens (including phenoxy) is 1. The molecular formula is C15H18FNO2. The van der Waals surface area contributed by atoms with Crippen LogP contribution in [-0.4, -0.2) is 18.6 Å². The van der Waals surface area contributed by atoms with Gasteiger partial charge in [-0.15, -0.1) is 6.42 Å². The Morgan fingerprint density at radius 2 is 2.11 bits per heavy atom. The molecule has 0 aliphatic rings. The Morgan fingerprint density at radius 3 is 2.53 bits per heavy atom. The van der Waals surface area contributed by atoms with Gasteiger partial charge in [-0.25, -0.2) is 4.39 Å². The highest BCUT2D eigenvalue weighted by molar-refractivity contribution is 5.95. The Balaban J connectivity index is 2.96. The molecule has 4 heteroatoms. The van der Waals surface area contributed by atoms with Crippen LogP contribution < -0.4 is 10.1 Å². The Morgan fingerprint density at radius 1 is 1.47 bits per heavy atom. The fourth-order valence-electron chi connectivity index (χ4n) is 1.76. The van der Waals surface area contributed by atoms with E-state index in [9.17, 15) is 9.18 Å². The number of carbonyl (C=O) groups excluding carboxylic acids is 1. The van der Waals surface area contributed by atoms with Crippen molar-refractivity contribution in [2.75, 3.05) is 7.11 Å². The summed E-state index contributed by atoms with van der Waals surface area (Å²) in [7, 11) is 1.37. The molecule has 1 aromatic rings. The van der Waals surface area contributed by atoms with Crippen molar-refractivity contribution in [3.63, 3.8) is 0 Å². The second-order valence-electron chi connectivity index (χ2n) is 4.24. The Bertz CT molecular complexity index is 501. The quantitative estimate of drug-likeness (QED) is 0.830. The largest absolute Gasteiger partial charge is 0.494 e. The van der Waals surface area contributed by atoms with E-state index in [1.807, 2.05) is 13.8 Å². The number of terminal acetylenes is 1. The summed E-state index contributed by atoms with van der Waals surface area (Å²) < 4.78 is 18.3. The van der Waals surface area contributed by atoms with Crippen LogP contribution in [0.3, 0.4) is 0 Å². The lowest BCUT2D eigenvalue weighted by molar-refractivity contribution is 0.0916. The number of methoxy groups -OCH3 is 1. The van der Waals surface area contributed by atoms with Crippen LogP contribution in [0, 0.1) is 18.2 Å². The third-order valence-corrected chi connectivity index (χ3v) is 3.25. The predicted octanol–water partition coefficient (Wildman–Crippen LogP) is 2.76. The summed E-state index contributed by atoms with van der Waals surface area (Å²) in [4.78, 5) is 12.1. The number of rotatable bonds is 5. The number of hydrogen-bond donors (Lipinski definition) is 1. The third-order valence-electron chi connectivity index (χ3n) is 3.25. The second-order valence-corrected chi connectivity index (χ2v) is 4.24. The topological polar surface area (TPSA) is 38.3 Å². The summed E-state index contributed by atoms with van der Waals surface area (Å²) in [5, 5.41) is 2.78. The van der Waals surface area contributed by atoms with Gasteiger partial charge in [0.25, 0.3) is 5.91 Å². The van der Waals surface area contributed by atoms with E-state index >= 15 is 0 Å². The Labute approximate surface area is 113 Å². The molecule has 0 spiro atoms. The maximum Gasteiger partial charge on any atom is 0.252 e. The number of hydrogen-bond acceptors (Lipinski definition) is 2. The molecule has 19 heavy (non-hydrogen) atoms. The first-order chi connectivity index (χ1) is 9.01. The lowest BCUT2D eigenvalue weighted by Crippen LogP contribution is -2.46. The van der Waals surface area contributed by atoms with Crippen molar-refractivity contribution >= 4 is 5.91 Å². The molecule has 0 heterocycles. The molecule has 0 aliphatic carbocycles. The number of halogens is 1. The zero-order valence-corrected chi connectivity index (χ0v) is 11.4. The van der Waals surface area contributed by atoms with E-state index in [0.717, 1.165) is 6.07 Å². The van der Waals surface area contributed by atoms with Crippen LogP contribution in [0.4, 0.5) is 4.39 Å². The van der Waals surface area contributed by atoms with Gasteiger partial charge in [0.1, 0.15) is 5.54 Å². The molecule has 0 saturated heterocycles. The second kappa shape index (κ2) is 6.24. The molecule has 0 fully saturated rings. The first-order valence-electron chi connectivity index (χ1n) is 6.15. The molecule has 0 unspecified atom stereocenters. The summed E-state index contributed by atoms with van der Waals surface area (Å²) in [6.07, 6.45) is 6.70. The van der Waals surface area contributed by atoms with Gasteiger partial charge in [0.2, 0.25) is 0 Å². The van der Waals surface area contributed by atoms with Crippen molar-refractivity contribution in [2.45, 2.75) is 32.2 Å². The summed E-state index contributed by atoms with van der Waals surface area (Å²) in [6.45, 7) is 3.80. The van der Waals surface area contributed by atoms with Crippen molar-refractivity contribution in [1.82, 2.24) is 5.32 Å². The van der Waals surface area contributed by atoms with E-state index in [1.165, 1.54) is 19.2 Å². The monoisotopic (exact) mass is 263 g/mol. The number of amides is 1. The molecule has 1 aromatic carbocycles. The SMILES string of the molecule is C#CC(CC)(CC)NC(=O)c1ccc(OC)c(F)c1. The minimum absolute atomic E-state index is 0.103. The summed E-state index contributed by atoms with van der Waals surface area (Å²) >= 11 is 0. The van der Waals surface area contributed by atoms with Crippen molar-refractivity contribution in [2.24, 2.45) is 0 Å². The van der Waals surface area contributed by atoms with Crippen LogP contribution in [0.25, 0.3) is 0 Å². The minimum atomic E-state index is -0.687. The van der Waals surface area contributed by atoms with Crippen LogP contribution in [0.5, 0.6) is 5.75 Å². The first kappa shape index (κ1) is 15.0. The van der Waals surface area contributed by atoms with Crippen molar-refractivity contribution in [3.8, 4) is 18.1 Å². The summed E-state index contributed by atoms with van der Waals surface area (Å²) in [6, 6.07) is 4.06. The van der Waals surface area contributed by atoms with Crippen LogP contribution in [-0.2, 0) is 0 Å². The average molecular weight is 263 g/mol. The van der Waals surface area contributed by atoms with E-state index < -0.39 is 11.4 Å². The Hall–Kier alpha value is -2.02. The number of carbonyl (C=O) groups is 1. The molecule has 0 aliphatic heterocycles. The molecule has 102 valence electrons. The highest BCUT2D eigenvalue weighted by Crippen LogP contribution is 2.19. The van der Waals surface area contributed by atoms with Gasteiger partial charge >= 0.3 is 0 Å². The van der Waals surface area contributed by atoms with Gasteiger partial charge in [-0.1, -0.05) is 19.8 Å². The van der Waals surface area contributed by atoms with Gasteiger partial charge in [-0.3, -0.25) is 4.79 Å². The van der Waals surface area contributed by atoms with Crippen LogP contribution in [0.1, 0.15) is 37.0 Å². The van der Waals surface area contributed by atoms with Gasteiger partial charge in [-0.2, -0.15) is 0 Å². The van der Waals surface area contributed by atoms with Crippen molar-refractivity contribution in [3.05, 3.63) is 29.6 Å². The highest BCUT2D eigenvalue weighted by atomic mass is 19.1. The molecule has 0 aromatic heterocycles. The fraction of sp³-hybridized carbons (Fsp3) is 0.400. The molecule has 1 amide bonds. The fourth-order valence-corrected chi connectivity index (χ4v) is 1.76. The standard InChI is InChI=1S/C15H18FNO2/c1-5-15(6-2,7-3)17-14(18)11-8-9-13(19-4)12(16)10-11/h1,8-10H,6-7H2,2-4H3,(H,17,18). The van der Waals surface area contributed by atoms with E-state index in [4.69, 9.17) is 11.2 Å². The molecule has 1 N–H and O–H groups in total. The van der Waals surface area contributed by atoms with Crippen molar-refractivity contribution in [1.29, 1.82) is 0 Å². The predicted molar refractivity (Wildman–Crippen MR) is 72.6 cm³/mol. The Kier molecular flexibility index (Phi) is 4.94. The third kappa shape index (κ3) is 3.25. The number of nitrogens with one attached hydrogen (secondary N) is 1. The van der Waals surface area contributed by atoms with Crippen LogP contribution in [0.2, 0.25) is 0 Å². The van der Waals surface area contributed by atoms with Crippen LogP contribution in [0.15, 0.2) is 18.2 Å². The van der Waals surface area contributed by atoms with E-state index in [-0.39, 0.29) is 17.2 Å². The molecule has 1 rings (SSSR count). The molecule has 0 atom stereocenters. The normalized spacial score (nSPS) is 10.7. The average Bonchev–Trinajstić information content (AvgIpc) is 2.44. The maximum atomic E-state index is 13.5. The zero-order chi connectivity index (χ0) is 14.5. The van der Waals surface area contributed by atoms with Gasteiger partial charge < -0.3 is 10.1 Å². The van der Waals surface area contributed by atoms with Gasteiger partial charge in [-0.05, 0) is 31.0 Å². The molecule has 0 bridgehead atoms. The smallest absolute Gasteiger partial charge is 0.252 e. The van der Waals surface area contributed by atoms with E-state index in [1.54, 1.807) is 0 Å². The molecule has 3 nitrogen and oxygen atoms in total. The zero-order valence-electron chi connectivity index (χ0n) is 11.4. The van der Waals surface area contributed by atoms with Gasteiger partial charge in [0.15, 0.2) is 11.6 Å². The van der Waals surface area contributed by atoms with E-state index in [2.05, 4.69) is 11.2 Å². The van der Waals surface area contributed by atoms with Crippen molar-refractivity contribution < 1.29 is 13.9 Å². The first-order valence-corrected chi connectivity index (χ1v) is 6.15. The summed E-state index contributed by atoms with van der Waals surface area (Å²) in [5.41, 5.74) is -0.465. The highest BCUT2D eigenvalue weighted by Gasteiger charge is 2.26. The molecular weight excluding hydrogens is 245 g/mol. The molecule has 0 radical (unpaired) electrons. The lowest BCUT2D eigenvalue weighted by atomic mass is 9.93.